The molecule has 20 heavy (non-hydrogen) atoms. The van der Waals surface area contributed by atoms with Crippen molar-refractivity contribution < 1.29 is 13.6 Å². The van der Waals surface area contributed by atoms with Gasteiger partial charge in [-0.2, -0.15) is 0 Å². The summed E-state index contributed by atoms with van der Waals surface area (Å²) in [5.74, 6) is -2.04. The summed E-state index contributed by atoms with van der Waals surface area (Å²) in [6.07, 6.45) is 3.30. The Balaban J connectivity index is 2.50. The zero-order chi connectivity index (χ0) is 14.8. The number of benzene rings is 1. The van der Waals surface area contributed by atoms with Crippen LogP contribution in [-0.2, 0) is 16.6 Å². The maximum atomic E-state index is 14.0. The molecule has 2 nitrogen and oxygen atoms in total. The summed E-state index contributed by atoms with van der Waals surface area (Å²) in [4.78, 5) is 15.7. The van der Waals surface area contributed by atoms with Crippen molar-refractivity contribution in [3.8, 4) is 0 Å². The van der Waals surface area contributed by atoms with Crippen LogP contribution in [0.3, 0.4) is 0 Å². The van der Waals surface area contributed by atoms with Crippen LogP contribution in [0.25, 0.3) is 0 Å². The summed E-state index contributed by atoms with van der Waals surface area (Å²) in [6, 6.07) is 7.15. The summed E-state index contributed by atoms with van der Waals surface area (Å²) < 4.78 is 27.3. The van der Waals surface area contributed by atoms with E-state index in [-0.39, 0.29) is 12.0 Å². The summed E-state index contributed by atoms with van der Waals surface area (Å²) >= 11 is 5.65. The first-order valence-electron chi connectivity index (χ1n) is 5.98. The second-order valence-corrected chi connectivity index (χ2v) is 5.08. The van der Waals surface area contributed by atoms with Gasteiger partial charge in [0.15, 0.2) is 11.6 Å². The highest BCUT2D eigenvalue weighted by atomic mass is 35.5. The van der Waals surface area contributed by atoms with E-state index < -0.39 is 22.3 Å². The van der Waals surface area contributed by atoms with Crippen molar-refractivity contribution in [2.45, 2.75) is 18.8 Å². The first-order valence-corrected chi connectivity index (χ1v) is 6.36. The molecule has 0 aliphatic rings. The molecule has 0 spiro atoms. The molecule has 0 aliphatic heterocycles. The molecule has 0 amide bonds. The first-order chi connectivity index (χ1) is 9.45. The molecule has 2 rings (SSSR count). The highest BCUT2D eigenvalue weighted by Gasteiger charge is 2.37. The van der Waals surface area contributed by atoms with Crippen molar-refractivity contribution in [3.05, 3.63) is 65.5 Å². The molecule has 1 unspecified atom stereocenters. The van der Waals surface area contributed by atoms with E-state index in [1.165, 1.54) is 19.1 Å². The highest BCUT2D eigenvalue weighted by molar-refractivity contribution is 6.65. The zero-order valence-electron chi connectivity index (χ0n) is 10.7. The lowest BCUT2D eigenvalue weighted by atomic mass is 9.78. The number of pyridine rings is 1. The first kappa shape index (κ1) is 14.6. The normalized spacial score (nSPS) is 13.8. The fourth-order valence-corrected chi connectivity index (χ4v) is 2.28. The van der Waals surface area contributed by atoms with Crippen LogP contribution in [-0.4, -0.2) is 10.2 Å². The molecular weight excluding hydrogens is 284 g/mol. The van der Waals surface area contributed by atoms with Crippen molar-refractivity contribution in [2.75, 3.05) is 0 Å². The number of aromatic nitrogens is 1. The Morgan fingerprint density at radius 3 is 2.50 bits per heavy atom. The van der Waals surface area contributed by atoms with Crippen LogP contribution in [0.2, 0.25) is 0 Å². The van der Waals surface area contributed by atoms with Gasteiger partial charge in [-0.05, 0) is 48.7 Å². The van der Waals surface area contributed by atoms with Crippen molar-refractivity contribution in [3.63, 3.8) is 0 Å². The summed E-state index contributed by atoms with van der Waals surface area (Å²) in [6.45, 7) is 1.50. The Labute approximate surface area is 120 Å². The average molecular weight is 296 g/mol. The Hall–Kier alpha value is -1.81. The molecule has 1 heterocycles. The van der Waals surface area contributed by atoms with Gasteiger partial charge in [0.2, 0.25) is 5.24 Å². The smallest absolute Gasteiger partial charge is 0.232 e. The molecule has 0 N–H and O–H groups in total. The van der Waals surface area contributed by atoms with Gasteiger partial charge in [0.1, 0.15) is 0 Å². The van der Waals surface area contributed by atoms with Gasteiger partial charge in [-0.15, -0.1) is 0 Å². The third kappa shape index (κ3) is 2.70. The van der Waals surface area contributed by atoms with Crippen LogP contribution in [0.15, 0.2) is 42.7 Å². The van der Waals surface area contributed by atoms with Crippen molar-refractivity contribution in [2.24, 2.45) is 0 Å². The molecule has 1 aromatic carbocycles. The molecular formula is C15H12ClF2NO. The molecule has 1 aromatic heterocycles. The molecule has 104 valence electrons. The van der Waals surface area contributed by atoms with Gasteiger partial charge in [0.05, 0.1) is 5.41 Å². The molecule has 0 fully saturated rings. The topological polar surface area (TPSA) is 30.0 Å². The van der Waals surface area contributed by atoms with Crippen LogP contribution < -0.4 is 0 Å². The van der Waals surface area contributed by atoms with E-state index in [0.29, 0.717) is 0 Å². The number of carbonyl (C=O) groups excluding carboxylic acids is 1. The number of hydrogen-bond donors (Lipinski definition) is 0. The lowest BCUT2D eigenvalue weighted by Gasteiger charge is -2.26. The number of rotatable bonds is 4. The molecule has 0 saturated heterocycles. The maximum absolute atomic E-state index is 14.0. The minimum Gasteiger partial charge on any atom is -0.280 e. The highest BCUT2D eigenvalue weighted by Crippen LogP contribution is 2.33. The van der Waals surface area contributed by atoms with E-state index in [0.717, 1.165) is 11.6 Å². The fraction of sp³-hybridized carbons (Fsp3) is 0.200. The monoisotopic (exact) mass is 295 g/mol. The second kappa shape index (κ2) is 5.67. The van der Waals surface area contributed by atoms with Crippen LogP contribution in [0, 0.1) is 11.6 Å². The Morgan fingerprint density at radius 2 is 1.90 bits per heavy atom. The van der Waals surface area contributed by atoms with E-state index in [1.54, 1.807) is 24.5 Å². The second-order valence-electron chi connectivity index (χ2n) is 4.74. The largest absolute Gasteiger partial charge is 0.280 e. The third-order valence-corrected chi connectivity index (χ3v) is 3.70. The standard InChI is InChI=1S/C15H12ClF2NO/c1-15(14(16)20,9-10-5-7-19-8-6-10)11-3-2-4-12(17)13(11)18/h2-8H,9H2,1H3. The Bertz CT molecular complexity index is 633. The van der Waals surface area contributed by atoms with E-state index in [1.807, 2.05) is 0 Å². The molecule has 0 bridgehead atoms. The van der Waals surface area contributed by atoms with Gasteiger partial charge in [-0.3, -0.25) is 9.78 Å². The van der Waals surface area contributed by atoms with Crippen LogP contribution in [0.5, 0.6) is 0 Å². The zero-order valence-corrected chi connectivity index (χ0v) is 11.5. The summed E-state index contributed by atoms with van der Waals surface area (Å²) in [5.41, 5.74) is -0.621. The predicted octanol–water partition coefficient (Wildman–Crippen LogP) is 3.63. The van der Waals surface area contributed by atoms with Crippen LogP contribution >= 0.6 is 11.6 Å². The quantitative estimate of drug-likeness (QED) is 0.806. The number of nitrogens with zero attached hydrogens (tertiary/aromatic N) is 1. The fourth-order valence-electron chi connectivity index (χ4n) is 2.11. The van der Waals surface area contributed by atoms with E-state index in [4.69, 9.17) is 11.6 Å². The maximum Gasteiger partial charge on any atom is 0.232 e. The van der Waals surface area contributed by atoms with Crippen LogP contribution in [0.4, 0.5) is 8.78 Å². The van der Waals surface area contributed by atoms with Gasteiger partial charge < -0.3 is 0 Å². The van der Waals surface area contributed by atoms with Crippen molar-refractivity contribution >= 4 is 16.8 Å². The summed E-state index contributed by atoms with van der Waals surface area (Å²) in [7, 11) is 0. The van der Waals surface area contributed by atoms with Gasteiger partial charge in [-0.1, -0.05) is 12.1 Å². The number of halogens is 3. The van der Waals surface area contributed by atoms with Gasteiger partial charge in [0, 0.05) is 18.0 Å². The molecule has 1 atom stereocenters. The van der Waals surface area contributed by atoms with E-state index >= 15 is 0 Å². The Morgan fingerprint density at radius 1 is 1.25 bits per heavy atom. The van der Waals surface area contributed by atoms with E-state index in [2.05, 4.69) is 4.98 Å². The minimum atomic E-state index is -1.34. The number of carbonyl (C=O) groups is 1. The minimum absolute atomic E-state index is 0.0469. The molecule has 0 radical (unpaired) electrons. The lowest BCUT2D eigenvalue weighted by molar-refractivity contribution is -0.116. The van der Waals surface area contributed by atoms with Gasteiger partial charge >= 0.3 is 0 Å². The van der Waals surface area contributed by atoms with Gasteiger partial charge in [0.25, 0.3) is 0 Å². The average Bonchev–Trinajstić information content (AvgIpc) is 2.42. The van der Waals surface area contributed by atoms with Crippen LogP contribution in [0.1, 0.15) is 18.1 Å². The Kier molecular flexibility index (Phi) is 4.14. The SMILES string of the molecule is CC(Cc1ccncc1)(C(=O)Cl)c1cccc(F)c1F. The predicted molar refractivity (Wildman–Crippen MR) is 72.5 cm³/mol. The molecule has 5 heteroatoms. The van der Waals surface area contributed by atoms with Gasteiger partial charge in [-0.25, -0.2) is 8.78 Å². The van der Waals surface area contributed by atoms with Crippen molar-refractivity contribution in [1.29, 1.82) is 0 Å². The number of hydrogen-bond acceptors (Lipinski definition) is 2. The molecule has 2 aromatic rings. The third-order valence-electron chi connectivity index (χ3n) is 3.29. The molecule has 0 saturated carbocycles. The van der Waals surface area contributed by atoms with E-state index in [9.17, 15) is 13.6 Å². The lowest BCUT2D eigenvalue weighted by Crippen LogP contribution is -2.33. The summed E-state index contributed by atoms with van der Waals surface area (Å²) in [5, 5.41) is -0.737. The molecule has 0 aliphatic carbocycles. The van der Waals surface area contributed by atoms with Crippen molar-refractivity contribution in [1.82, 2.24) is 4.98 Å².